The molecule has 0 fully saturated rings. The van der Waals surface area contributed by atoms with Crippen LogP contribution in [0.3, 0.4) is 0 Å². The molecule has 0 saturated carbocycles. The minimum absolute atomic E-state index is 0.0308. The van der Waals surface area contributed by atoms with Gasteiger partial charge in [-0.05, 0) is 49.4 Å². The number of halogens is 1. The van der Waals surface area contributed by atoms with Gasteiger partial charge in [-0.3, -0.25) is 9.59 Å². The van der Waals surface area contributed by atoms with Crippen molar-refractivity contribution in [3.05, 3.63) is 59.4 Å². The standard InChI is InChI=1S/C22H19FN4O5/c1-11-19(12-3-6-14(23)7-4-12)26-27-16(10-18(28)25-20(11)27)21(29)24-15-9-13(22(30)31)5-8-17(15)32-2/h3-9,16H,10H2,1-2H3,(H,24,29)(H,25,28)(H,30,31)/t16-/m0/s1. The Bertz CT molecular complexity index is 1240. The maximum absolute atomic E-state index is 13.3. The number of hydrogen-bond acceptors (Lipinski definition) is 5. The number of nitrogens with zero attached hydrogens (tertiary/aromatic N) is 2. The lowest BCUT2D eigenvalue weighted by Gasteiger charge is -2.24. The van der Waals surface area contributed by atoms with Gasteiger partial charge in [0.2, 0.25) is 11.8 Å². The van der Waals surface area contributed by atoms with E-state index in [0.717, 1.165) is 0 Å². The van der Waals surface area contributed by atoms with E-state index in [0.29, 0.717) is 22.6 Å². The molecule has 0 spiro atoms. The van der Waals surface area contributed by atoms with Gasteiger partial charge in [0.25, 0.3) is 0 Å². The zero-order valence-electron chi connectivity index (χ0n) is 17.2. The molecular weight excluding hydrogens is 419 g/mol. The van der Waals surface area contributed by atoms with E-state index in [1.54, 1.807) is 19.1 Å². The Kier molecular flexibility index (Phi) is 5.35. The van der Waals surface area contributed by atoms with Gasteiger partial charge in [0.15, 0.2) is 0 Å². The number of ether oxygens (including phenoxy) is 1. The van der Waals surface area contributed by atoms with Crippen LogP contribution in [0.5, 0.6) is 5.75 Å². The first-order valence-electron chi connectivity index (χ1n) is 9.65. The summed E-state index contributed by atoms with van der Waals surface area (Å²) in [6.45, 7) is 1.75. The van der Waals surface area contributed by atoms with Crippen LogP contribution in [0.1, 0.15) is 28.4 Å². The zero-order valence-corrected chi connectivity index (χ0v) is 17.2. The number of aromatic carboxylic acids is 1. The van der Waals surface area contributed by atoms with Crippen molar-refractivity contribution in [2.24, 2.45) is 0 Å². The predicted octanol–water partition coefficient (Wildman–Crippen LogP) is 3.23. The van der Waals surface area contributed by atoms with Gasteiger partial charge in [0.05, 0.1) is 30.5 Å². The van der Waals surface area contributed by atoms with Crippen molar-refractivity contribution in [3.8, 4) is 17.0 Å². The summed E-state index contributed by atoms with van der Waals surface area (Å²) in [5.41, 5.74) is 1.90. The number of anilines is 2. The van der Waals surface area contributed by atoms with E-state index < -0.39 is 23.7 Å². The summed E-state index contributed by atoms with van der Waals surface area (Å²) >= 11 is 0. The van der Waals surface area contributed by atoms with E-state index in [4.69, 9.17) is 4.74 Å². The highest BCUT2D eigenvalue weighted by atomic mass is 19.1. The van der Waals surface area contributed by atoms with Gasteiger partial charge in [-0.2, -0.15) is 5.10 Å². The van der Waals surface area contributed by atoms with Crippen molar-refractivity contribution < 1.29 is 28.6 Å². The Morgan fingerprint density at radius 3 is 2.62 bits per heavy atom. The number of carbonyl (C=O) groups excluding carboxylic acids is 2. The molecule has 3 N–H and O–H groups in total. The molecule has 2 aromatic carbocycles. The normalized spacial score (nSPS) is 15.0. The Labute approximate surface area is 181 Å². The minimum Gasteiger partial charge on any atom is -0.495 e. The smallest absolute Gasteiger partial charge is 0.335 e. The van der Waals surface area contributed by atoms with Gasteiger partial charge in [-0.1, -0.05) is 0 Å². The van der Waals surface area contributed by atoms with Crippen LogP contribution in [-0.4, -0.2) is 39.8 Å². The van der Waals surface area contributed by atoms with E-state index >= 15 is 0 Å². The number of carboxylic acids is 1. The summed E-state index contributed by atoms with van der Waals surface area (Å²) in [6, 6.07) is 8.82. The average Bonchev–Trinajstić information content (AvgIpc) is 3.10. The molecule has 9 nitrogen and oxygen atoms in total. The van der Waals surface area contributed by atoms with Crippen LogP contribution >= 0.6 is 0 Å². The Hall–Kier alpha value is -4.21. The molecule has 2 heterocycles. The topological polar surface area (TPSA) is 123 Å². The summed E-state index contributed by atoms with van der Waals surface area (Å²) in [5, 5.41) is 19.1. The number of carbonyl (C=O) groups is 3. The number of rotatable bonds is 5. The fraction of sp³-hybridized carbons (Fsp3) is 0.182. The fourth-order valence-electron chi connectivity index (χ4n) is 3.58. The molecule has 1 aromatic heterocycles. The number of methoxy groups -OCH3 is 1. The molecule has 3 aromatic rings. The number of benzene rings is 2. The quantitative estimate of drug-likeness (QED) is 0.562. The van der Waals surface area contributed by atoms with Gasteiger partial charge in [-0.15, -0.1) is 0 Å². The second-order valence-electron chi connectivity index (χ2n) is 7.25. The molecule has 0 unspecified atom stereocenters. The third-order valence-corrected chi connectivity index (χ3v) is 5.20. The van der Waals surface area contributed by atoms with Gasteiger partial charge in [-0.25, -0.2) is 13.9 Å². The van der Waals surface area contributed by atoms with Crippen molar-refractivity contribution in [2.75, 3.05) is 17.7 Å². The lowest BCUT2D eigenvalue weighted by atomic mass is 10.1. The molecule has 0 bridgehead atoms. The molecule has 4 rings (SSSR count). The zero-order chi connectivity index (χ0) is 23.0. The third-order valence-electron chi connectivity index (χ3n) is 5.20. The molecule has 1 atom stereocenters. The lowest BCUT2D eigenvalue weighted by Crippen LogP contribution is -2.36. The van der Waals surface area contributed by atoms with Crippen molar-refractivity contribution >= 4 is 29.3 Å². The van der Waals surface area contributed by atoms with E-state index in [1.165, 1.54) is 42.1 Å². The molecule has 2 amide bonds. The van der Waals surface area contributed by atoms with E-state index in [-0.39, 0.29) is 29.3 Å². The molecule has 0 radical (unpaired) electrons. The monoisotopic (exact) mass is 438 g/mol. The van der Waals surface area contributed by atoms with E-state index in [2.05, 4.69) is 15.7 Å². The summed E-state index contributed by atoms with van der Waals surface area (Å²) in [4.78, 5) is 36.7. The summed E-state index contributed by atoms with van der Waals surface area (Å²) in [6.07, 6.45) is -0.163. The third kappa shape index (κ3) is 3.78. The Balaban J connectivity index is 1.70. The van der Waals surface area contributed by atoms with Crippen LogP contribution in [-0.2, 0) is 9.59 Å². The van der Waals surface area contributed by atoms with E-state index in [1.807, 2.05) is 0 Å². The van der Waals surface area contributed by atoms with Crippen LogP contribution in [0, 0.1) is 12.7 Å². The highest BCUT2D eigenvalue weighted by molar-refractivity contribution is 6.03. The van der Waals surface area contributed by atoms with Gasteiger partial charge in [0.1, 0.15) is 23.4 Å². The second kappa shape index (κ2) is 8.14. The number of amides is 2. The molecule has 10 heteroatoms. The Morgan fingerprint density at radius 2 is 1.97 bits per heavy atom. The van der Waals surface area contributed by atoms with Gasteiger partial charge >= 0.3 is 5.97 Å². The summed E-state index contributed by atoms with van der Waals surface area (Å²) in [5.74, 6) is -1.83. The highest BCUT2D eigenvalue weighted by Crippen LogP contribution is 2.35. The number of fused-ring (bicyclic) bond motifs is 1. The molecule has 0 aliphatic carbocycles. The predicted molar refractivity (Wildman–Crippen MR) is 113 cm³/mol. The van der Waals surface area contributed by atoms with Crippen molar-refractivity contribution in [1.29, 1.82) is 0 Å². The number of nitrogens with one attached hydrogen (secondary N) is 2. The lowest BCUT2D eigenvalue weighted by molar-refractivity contribution is -0.125. The summed E-state index contributed by atoms with van der Waals surface area (Å²) in [7, 11) is 1.39. The average molecular weight is 438 g/mol. The van der Waals surface area contributed by atoms with Crippen molar-refractivity contribution in [2.45, 2.75) is 19.4 Å². The molecule has 0 saturated heterocycles. The first-order chi connectivity index (χ1) is 15.3. The molecule has 32 heavy (non-hydrogen) atoms. The number of carboxylic acid groups (broad SMARTS) is 1. The minimum atomic E-state index is -1.16. The van der Waals surface area contributed by atoms with Gasteiger partial charge in [0, 0.05) is 11.1 Å². The molecule has 164 valence electrons. The van der Waals surface area contributed by atoms with Crippen molar-refractivity contribution in [3.63, 3.8) is 0 Å². The summed E-state index contributed by atoms with van der Waals surface area (Å²) < 4.78 is 19.9. The first kappa shape index (κ1) is 21.0. The largest absolute Gasteiger partial charge is 0.495 e. The maximum Gasteiger partial charge on any atom is 0.335 e. The van der Waals surface area contributed by atoms with E-state index in [9.17, 15) is 23.9 Å². The first-order valence-corrected chi connectivity index (χ1v) is 9.65. The highest BCUT2D eigenvalue weighted by Gasteiger charge is 2.34. The molecular formula is C22H19FN4O5. The maximum atomic E-state index is 13.3. The van der Waals surface area contributed by atoms with Crippen LogP contribution in [0.25, 0.3) is 11.3 Å². The molecule has 1 aliphatic heterocycles. The Morgan fingerprint density at radius 1 is 1.25 bits per heavy atom. The fourth-order valence-corrected chi connectivity index (χ4v) is 3.58. The SMILES string of the molecule is COc1ccc(C(=O)O)cc1NC(=O)[C@@H]1CC(=O)Nc2c(C)c(-c3ccc(F)cc3)nn21. The van der Waals surface area contributed by atoms with Crippen LogP contribution in [0.15, 0.2) is 42.5 Å². The number of hydrogen-bond donors (Lipinski definition) is 3. The van der Waals surface area contributed by atoms with Crippen LogP contribution < -0.4 is 15.4 Å². The van der Waals surface area contributed by atoms with Gasteiger partial charge < -0.3 is 20.5 Å². The van der Waals surface area contributed by atoms with Crippen LogP contribution in [0.4, 0.5) is 15.9 Å². The van der Waals surface area contributed by atoms with Crippen LogP contribution in [0.2, 0.25) is 0 Å². The second-order valence-corrected chi connectivity index (χ2v) is 7.25. The number of aromatic nitrogens is 2. The van der Waals surface area contributed by atoms with Crippen molar-refractivity contribution in [1.82, 2.24) is 9.78 Å². The molecule has 1 aliphatic rings.